The van der Waals surface area contributed by atoms with Gasteiger partial charge in [-0.1, -0.05) is 36.4 Å². The van der Waals surface area contributed by atoms with E-state index >= 15 is 0 Å². The third-order valence-corrected chi connectivity index (χ3v) is 5.47. The monoisotopic (exact) mass is 375 g/mol. The third kappa shape index (κ3) is 3.26. The molecular weight excluding hydrogens is 354 g/mol. The van der Waals surface area contributed by atoms with E-state index in [1.54, 1.807) is 0 Å². The molecule has 1 amide bonds. The van der Waals surface area contributed by atoms with Crippen molar-refractivity contribution in [2.24, 2.45) is 0 Å². The SMILES string of the molecule is O=C1C[C@H](c2cn3cc(C4CC4)ccc3n2)N(C(=O)OCc2ccccc2)C1. The molecule has 1 aliphatic carbocycles. The molecule has 0 spiro atoms. The maximum Gasteiger partial charge on any atom is 0.411 e. The molecule has 0 unspecified atom stereocenters. The van der Waals surface area contributed by atoms with E-state index in [1.807, 2.05) is 47.0 Å². The van der Waals surface area contributed by atoms with Crippen molar-refractivity contribution in [3.63, 3.8) is 0 Å². The van der Waals surface area contributed by atoms with E-state index in [4.69, 9.17) is 4.74 Å². The van der Waals surface area contributed by atoms with Crippen LogP contribution < -0.4 is 0 Å². The summed E-state index contributed by atoms with van der Waals surface area (Å²) < 4.78 is 7.44. The van der Waals surface area contributed by atoms with E-state index in [-0.39, 0.29) is 31.4 Å². The summed E-state index contributed by atoms with van der Waals surface area (Å²) in [6.45, 7) is 0.256. The zero-order valence-electron chi connectivity index (χ0n) is 15.5. The van der Waals surface area contributed by atoms with Crippen LogP contribution in [0.1, 0.15) is 48.0 Å². The number of ketones is 1. The minimum Gasteiger partial charge on any atom is -0.445 e. The van der Waals surface area contributed by atoms with E-state index in [1.165, 1.54) is 23.3 Å². The predicted molar refractivity (Wildman–Crippen MR) is 103 cm³/mol. The number of pyridine rings is 1. The number of fused-ring (bicyclic) bond motifs is 1. The van der Waals surface area contributed by atoms with Crippen molar-refractivity contribution in [1.29, 1.82) is 0 Å². The maximum atomic E-state index is 12.6. The smallest absolute Gasteiger partial charge is 0.411 e. The lowest BCUT2D eigenvalue weighted by molar-refractivity contribution is -0.116. The lowest BCUT2D eigenvalue weighted by atomic mass is 10.1. The van der Waals surface area contributed by atoms with Crippen LogP contribution in [0.5, 0.6) is 0 Å². The summed E-state index contributed by atoms with van der Waals surface area (Å²) >= 11 is 0. The van der Waals surface area contributed by atoms with Crippen LogP contribution in [0.25, 0.3) is 5.65 Å². The Labute approximate surface area is 162 Å². The minimum absolute atomic E-state index is 0.0254. The molecule has 0 bridgehead atoms. The Morgan fingerprint density at radius 1 is 1.11 bits per heavy atom. The molecule has 6 heteroatoms. The Hall–Kier alpha value is -3.15. The van der Waals surface area contributed by atoms with Gasteiger partial charge in [0.25, 0.3) is 0 Å². The second kappa shape index (κ2) is 6.78. The lowest BCUT2D eigenvalue weighted by Gasteiger charge is -2.21. The maximum absolute atomic E-state index is 12.6. The predicted octanol–water partition coefficient (Wildman–Crippen LogP) is 3.86. The summed E-state index contributed by atoms with van der Waals surface area (Å²) in [6.07, 6.45) is 6.33. The van der Waals surface area contributed by atoms with Crippen LogP contribution in [0.4, 0.5) is 4.79 Å². The number of nitrogens with zero attached hydrogens (tertiary/aromatic N) is 3. The average molecular weight is 375 g/mol. The molecule has 5 rings (SSSR count). The molecule has 1 aliphatic heterocycles. The van der Waals surface area contributed by atoms with Crippen molar-refractivity contribution in [2.45, 2.75) is 37.8 Å². The van der Waals surface area contributed by atoms with Crippen molar-refractivity contribution < 1.29 is 14.3 Å². The molecule has 3 aromatic rings. The number of Topliss-reactive ketones (excluding diaryl/α,β-unsaturated/α-hetero) is 1. The van der Waals surface area contributed by atoms with Gasteiger partial charge in [0, 0.05) is 18.8 Å². The Morgan fingerprint density at radius 2 is 1.93 bits per heavy atom. The average Bonchev–Trinajstić information content (AvgIpc) is 3.36. The molecule has 2 aliphatic rings. The van der Waals surface area contributed by atoms with E-state index in [0.717, 1.165) is 16.9 Å². The molecule has 28 heavy (non-hydrogen) atoms. The molecule has 0 N–H and O–H groups in total. The number of benzene rings is 1. The highest BCUT2D eigenvalue weighted by Crippen LogP contribution is 2.40. The third-order valence-electron chi connectivity index (χ3n) is 5.47. The topological polar surface area (TPSA) is 63.9 Å². The summed E-state index contributed by atoms with van der Waals surface area (Å²) in [4.78, 5) is 30.9. The van der Waals surface area contributed by atoms with Crippen molar-refractivity contribution in [3.05, 3.63) is 71.7 Å². The number of likely N-dealkylation sites (tertiary alicyclic amines) is 1. The van der Waals surface area contributed by atoms with E-state index in [9.17, 15) is 9.59 Å². The van der Waals surface area contributed by atoms with Gasteiger partial charge in [-0.2, -0.15) is 0 Å². The van der Waals surface area contributed by atoms with E-state index in [0.29, 0.717) is 5.92 Å². The number of hydrogen-bond acceptors (Lipinski definition) is 4. The number of imidazole rings is 1. The highest BCUT2D eigenvalue weighted by Gasteiger charge is 2.37. The van der Waals surface area contributed by atoms with Crippen molar-refractivity contribution in [2.75, 3.05) is 6.54 Å². The fourth-order valence-corrected chi connectivity index (χ4v) is 3.80. The summed E-state index contributed by atoms with van der Waals surface area (Å²) in [6, 6.07) is 13.3. The first-order valence-electron chi connectivity index (χ1n) is 9.65. The fourth-order valence-electron chi connectivity index (χ4n) is 3.80. The van der Waals surface area contributed by atoms with Gasteiger partial charge < -0.3 is 9.14 Å². The van der Waals surface area contributed by atoms with Gasteiger partial charge in [0.2, 0.25) is 0 Å². The Bertz CT molecular complexity index is 1040. The molecule has 142 valence electrons. The second-order valence-electron chi connectivity index (χ2n) is 7.59. The number of carbonyl (C=O) groups excluding carboxylic acids is 2. The lowest BCUT2D eigenvalue weighted by Crippen LogP contribution is -2.31. The van der Waals surface area contributed by atoms with Crippen LogP contribution in [-0.4, -0.2) is 32.7 Å². The molecule has 2 aromatic heterocycles. The van der Waals surface area contributed by atoms with Crippen LogP contribution in [0.2, 0.25) is 0 Å². The molecular formula is C22H21N3O3. The summed E-state index contributed by atoms with van der Waals surface area (Å²) in [5.74, 6) is 0.685. The van der Waals surface area contributed by atoms with E-state index in [2.05, 4.69) is 17.2 Å². The van der Waals surface area contributed by atoms with Gasteiger partial charge in [-0.05, 0) is 36.0 Å². The Kier molecular flexibility index (Phi) is 4.11. The zero-order valence-corrected chi connectivity index (χ0v) is 15.5. The number of aromatic nitrogens is 2. The first kappa shape index (κ1) is 17.0. The van der Waals surface area contributed by atoms with Gasteiger partial charge in [-0.3, -0.25) is 9.69 Å². The number of carbonyl (C=O) groups is 2. The van der Waals surface area contributed by atoms with Crippen molar-refractivity contribution in [1.82, 2.24) is 14.3 Å². The molecule has 6 nitrogen and oxygen atoms in total. The highest BCUT2D eigenvalue weighted by atomic mass is 16.6. The number of hydrogen-bond donors (Lipinski definition) is 0. The van der Waals surface area contributed by atoms with Gasteiger partial charge in [-0.25, -0.2) is 9.78 Å². The Balaban J connectivity index is 1.36. The summed E-state index contributed by atoms with van der Waals surface area (Å²) in [5, 5.41) is 0. The van der Waals surface area contributed by atoms with Gasteiger partial charge >= 0.3 is 6.09 Å². The molecule has 1 atom stereocenters. The van der Waals surface area contributed by atoms with Crippen LogP contribution in [0.3, 0.4) is 0 Å². The second-order valence-corrected chi connectivity index (χ2v) is 7.59. The van der Waals surface area contributed by atoms with Crippen molar-refractivity contribution in [3.8, 4) is 0 Å². The molecule has 1 aromatic carbocycles. The van der Waals surface area contributed by atoms with Crippen LogP contribution in [-0.2, 0) is 16.1 Å². The van der Waals surface area contributed by atoms with E-state index < -0.39 is 6.09 Å². The minimum atomic E-state index is -0.476. The standard InChI is InChI=1S/C22H21N3O3/c26-18-10-20(25(12-18)22(27)28-14-15-4-2-1-3-5-15)19-13-24-11-17(16-6-7-16)8-9-21(24)23-19/h1-5,8-9,11,13,16,20H,6-7,10,12,14H2/t20-/m1/s1. The Morgan fingerprint density at radius 3 is 2.71 bits per heavy atom. The first-order valence-corrected chi connectivity index (χ1v) is 9.65. The van der Waals surface area contributed by atoms with Crippen LogP contribution in [0.15, 0.2) is 54.9 Å². The normalized spacial score (nSPS) is 19.4. The highest BCUT2D eigenvalue weighted by molar-refractivity contribution is 5.88. The van der Waals surface area contributed by atoms with Gasteiger partial charge in [0.1, 0.15) is 12.3 Å². The molecule has 2 fully saturated rings. The quantitative estimate of drug-likeness (QED) is 0.695. The van der Waals surface area contributed by atoms with Gasteiger partial charge in [0.05, 0.1) is 18.3 Å². The van der Waals surface area contributed by atoms with Gasteiger partial charge in [0.15, 0.2) is 5.78 Å². The van der Waals surface area contributed by atoms with Gasteiger partial charge in [-0.15, -0.1) is 0 Å². The van der Waals surface area contributed by atoms with Crippen LogP contribution in [0, 0.1) is 0 Å². The molecule has 1 saturated carbocycles. The number of ether oxygens (including phenoxy) is 1. The first-order chi connectivity index (χ1) is 13.7. The summed E-state index contributed by atoms with van der Waals surface area (Å²) in [7, 11) is 0. The summed E-state index contributed by atoms with van der Waals surface area (Å²) in [5.41, 5.74) is 3.79. The van der Waals surface area contributed by atoms with Crippen LogP contribution >= 0.6 is 0 Å². The molecule has 1 saturated heterocycles. The molecule has 0 radical (unpaired) electrons. The van der Waals surface area contributed by atoms with Crippen molar-refractivity contribution >= 4 is 17.5 Å². The molecule has 3 heterocycles. The number of rotatable bonds is 4. The fraction of sp³-hybridized carbons (Fsp3) is 0.318. The number of amides is 1. The largest absolute Gasteiger partial charge is 0.445 e. The zero-order chi connectivity index (χ0) is 19.1.